The Morgan fingerprint density at radius 3 is 2.86 bits per heavy atom. The van der Waals surface area contributed by atoms with Crippen molar-refractivity contribution in [2.75, 3.05) is 26.2 Å². The fourth-order valence-electron chi connectivity index (χ4n) is 4.28. The maximum Gasteiger partial charge on any atom is 0.261 e. The predicted molar refractivity (Wildman–Crippen MR) is 111 cm³/mol. The van der Waals surface area contributed by atoms with Gasteiger partial charge in [-0.3, -0.25) is 14.2 Å². The SMILES string of the molecule is CC1CCN(CCCNC(=O)c2ccc3c(=O)n4c(nc3c2)CCCC4)CC1. The lowest BCUT2D eigenvalue weighted by molar-refractivity contribution is 0.0950. The molecule has 1 N–H and O–H groups in total. The van der Waals surface area contributed by atoms with Gasteiger partial charge in [0.25, 0.3) is 11.5 Å². The normalized spacial score (nSPS) is 18.2. The first kappa shape index (κ1) is 19.1. The van der Waals surface area contributed by atoms with Crippen LogP contribution in [0.5, 0.6) is 0 Å². The molecule has 1 aromatic carbocycles. The number of fused-ring (bicyclic) bond motifs is 2. The molecule has 1 fully saturated rings. The van der Waals surface area contributed by atoms with Crippen LogP contribution in [0.1, 0.15) is 55.2 Å². The minimum atomic E-state index is -0.0891. The summed E-state index contributed by atoms with van der Waals surface area (Å²) in [6.07, 6.45) is 6.43. The van der Waals surface area contributed by atoms with Crippen LogP contribution in [0.15, 0.2) is 23.0 Å². The minimum Gasteiger partial charge on any atom is -0.352 e. The Hall–Kier alpha value is -2.21. The molecule has 0 aliphatic carbocycles. The van der Waals surface area contributed by atoms with Crippen LogP contribution in [-0.4, -0.2) is 46.5 Å². The Bertz CT molecular complexity index is 913. The number of piperidine rings is 1. The molecule has 2 aromatic rings. The molecule has 3 heterocycles. The van der Waals surface area contributed by atoms with E-state index in [0.29, 0.717) is 23.0 Å². The molecule has 0 saturated carbocycles. The Kier molecular flexibility index (Phi) is 5.76. The van der Waals surface area contributed by atoms with Gasteiger partial charge in [0.2, 0.25) is 0 Å². The van der Waals surface area contributed by atoms with Crippen molar-refractivity contribution in [3.8, 4) is 0 Å². The molecule has 1 saturated heterocycles. The zero-order valence-corrected chi connectivity index (χ0v) is 16.7. The fraction of sp³-hybridized carbons (Fsp3) is 0.591. The Balaban J connectivity index is 1.37. The summed E-state index contributed by atoms with van der Waals surface area (Å²) < 4.78 is 1.78. The van der Waals surface area contributed by atoms with Gasteiger partial charge in [0, 0.05) is 25.1 Å². The van der Waals surface area contributed by atoms with Crippen molar-refractivity contribution >= 4 is 16.8 Å². The molecule has 0 radical (unpaired) electrons. The molecule has 0 bridgehead atoms. The number of hydrogen-bond acceptors (Lipinski definition) is 4. The van der Waals surface area contributed by atoms with Crippen LogP contribution >= 0.6 is 0 Å². The lowest BCUT2D eigenvalue weighted by Gasteiger charge is -2.30. The molecule has 28 heavy (non-hydrogen) atoms. The van der Waals surface area contributed by atoms with E-state index < -0.39 is 0 Å². The molecule has 6 nitrogen and oxygen atoms in total. The Morgan fingerprint density at radius 1 is 1.21 bits per heavy atom. The lowest BCUT2D eigenvalue weighted by Crippen LogP contribution is -2.35. The maximum absolute atomic E-state index is 12.7. The van der Waals surface area contributed by atoms with Crippen LogP contribution in [0.3, 0.4) is 0 Å². The minimum absolute atomic E-state index is 0.0162. The number of carbonyl (C=O) groups excluding carboxylic acids is 1. The van der Waals surface area contributed by atoms with Crippen molar-refractivity contribution < 1.29 is 4.79 Å². The van der Waals surface area contributed by atoms with Crippen molar-refractivity contribution in [2.45, 2.75) is 52.0 Å². The molecule has 4 rings (SSSR count). The van der Waals surface area contributed by atoms with Gasteiger partial charge in [0.15, 0.2) is 0 Å². The summed E-state index contributed by atoms with van der Waals surface area (Å²) in [5, 5.41) is 3.61. The van der Waals surface area contributed by atoms with Crippen LogP contribution in [0.25, 0.3) is 10.9 Å². The zero-order valence-electron chi connectivity index (χ0n) is 16.7. The molecule has 2 aliphatic heterocycles. The molecule has 0 unspecified atom stereocenters. The summed E-state index contributed by atoms with van der Waals surface area (Å²) in [4.78, 5) is 32.3. The van der Waals surface area contributed by atoms with Crippen molar-refractivity contribution in [3.63, 3.8) is 0 Å². The van der Waals surface area contributed by atoms with Gasteiger partial charge >= 0.3 is 0 Å². The number of aromatic nitrogens is 2. The third-order valence-electron chi connectivity index (χ3n) is 6.14. The molecule has 1 amide bonds. The van der Waals surface area contributed by atoms with Gasteiger partial charge in [-0.25, -0.2) is 4.98 Å². The highest BCUT2D eigenvalue weighted by Gasteiger charge is 2.17. The summed E-state index contributed by atoms with van der Waals surface area (Å²) in [6.45, 7) is 7.12. The summed E-state index contributed by atoms with van der Waals surface area (Å²) in [7, 11) is 0. The van der Waals surface area contributed by atoms with Crippen LogP contribution in [0, 0.1) is 5.92 Å². The molecule has 1 aromatic heterocycles. The van der Waals surface area contributed by atoms with Gasteiger partial charge in [-0.1, -0.05) is 6.92 Å². The standard InChI is InChI=1S/C22H30N4O2/c1-16-8-13-25(14-9-16)11-4-10-23-21(27)17-6-7-18-19(15-17)24-20-5-2-3-12-26(20)22(18)28/h6-7,15-16H,2-5,8-14H2,1H3,(H,23,27). The van der Waals surface area contributed by atoms with Crippen molar-refractivity contribution in [2.24, 2.45) is 5.92 Å². The average Bonchev–Trinajstić information content (AvgIpc) is 2.72. The van der Waals surface area contributed by atoms with Crippen LogP contribution < -0.4 is 10.9 Å². The first-order chi connectivity index (χ1) is 13.6. The largest absolute Gasteiger partial charge is 0.352 e. The number of nitrogens with zero attached hydrogens (tertiary/aromatic N) is 3. The van der Waals surface area contributed by atoms with E-state index in [1.807, 2.05) is 0 Å². The smallest absolute Gasteiger partial charge is 0.261 e. The van der Waals surface area contributed by atoms with E-state index in [-0.39, 0.29) is 11.5 Å². The van der Waals surface area contributed by atoms with E-state index in [1.54, 1.807) is 22.8 Å². The second kappa shape index (κ2) is 8.43. The van der Waals surface area contributed by atoms with E-state index in [4.69, 9.17) is 0 Å². The predicted octanol–water partition coefficient (Wildman–Crippen LogP) is 2.58. The van der Waals surface area contributed by atoms with Crippen molar-refractivity contribution in [1.82, 2.24) is 19.8 Å². The molecular weight excluding hydrogens is 352 g/mol. The van der Waals surface area contributed by atoms with E-state index in [9.17, 15) is 9.59 Å². The van der Waals surface area contributed by atoms with Gasteiger partial charge in [0.1, 0.15) is 5.82 Å². The average molecular weight is 383 g/mol. The van der Waals surface area contributed by atoms with E-state index in [2.05, 4.69) is 22.1 Å². The third kappa shape index (κ3) is 4.12. The quantitative estimate of drug-likeness (QED) is 0.807. The Morgan fingerprint density at radius 2 is 2.04 bits per heavy atom. The van der Waals surface area contributed by atoms with E-state index >= 15 is 0 Å². The summed E-state index contributed by atoms with van der Waals surface area (Å²) in [5.74, 6) is 1.60. The highest BCUT2D eigenvalue weighted by Crippen LogP contribution is 2.17. The second-order valence-electron chi connectivity index (χ2n) is 8.31. The van der Waals surface area contributed by atoms with Crippen LogP contribution in [0.4, 0.5) is 0 Å². The maximum atomic E-state index is 12.7. The highest BCUT2D eigenvalue weighted by atomic mass is 16.1. The second-order valence-corrected chi connectivity index (χ2v) is 8.31. The number of amides is 1. The molecule has 2 aliphatic rings. The molecular formula is C22H30N4O2. The van der Waals surface area contributed by atoms with Crippen LogP contribution in [-0.2, 0) is 13.0 Å². The third-order valence-corrected chi connectivity index (χ3v) is 6.14. The van der Waals surface area contributed by atoms with Crippen LogP contribution in [0.2, 0.25) is 0 Å². The number of carbonyl (C=O) groups is 1. The van der Waals surface area contributed by atoms with E-state index in [0.717, 1.165) is 50.5 Å². The topological polar surface area (TPSA) is 67.2 Å². The zero-order chi connectivity index (χ0) is 19.5. The summed E-state index contributed by atoms with van der Waals surface area (Å²) >= 11 is 0. The first-order valence-corrected chi connectivity index (χ1v) is 10.7. The number of rotatable bonds is 5. The lowest BCUT2D eigenvalue weighted by atomic mass is 9.99. The van der Waals surface area contributed by atoms with Gasteiger partial charge in [-0.15, -0.1) is 0 Å². The summed E-state index contributed by atoms with van der Waals surface area (Å²) in [6, 6.07) is 5.24. The Labute approximate surface area is 165 Å². The number of benzene rings is 1. The van der Waals surface area contributed by atoms with Gasteiger partial charge in [0.05, 0.1) is 10.9 Å². The van der Waals surface area contributed by atoms with Gasteiger partial charge in [-0.2, -0.15) is 0 Å². The highest BCUT2D eigenvalue weighted by molar-refractivity contribution is 5.97. The number of nitrogens with one attached hydrogen (secondary N) is 1. The number of hydrogen-bond donors (Lipinski definition) is 1. The number of aryl methyl sites for hydroxylation is 1. The molecule has 0 spiro atoms. The summed E-state index contributed by atoms with van der Waals surface area (Å²) in [5.41, 5.74) is 1.22. The number of likely N-dealkylation sites (tertiary alicyclic amines) is 1. The monoisotopic (exact) mass is 382 g/mol. The fourth-order valence-corrected chi connectivity index (χ4v) is 4.28. The van der Waals surface area contributed by atoms with Crippen molar-refractivity contribution in [1.29, 1.82) is 0 Å². The molecule has 150 valence electrons. The molecule has 6 heteroatoms. The van der Waals surface area contributed by atoms with Crippen molar-refractivity contribution in [3.05, 3.63) is 39.9 Å². The van der Waals surface area contributed by atoms with E-state index in [1.165, 1.54) is 25.9 Å². The van der Waals surface area contributed by atoms with Gasteiger partial charge < -0.3 is 10.2 Å². The molecule has 0 atom stereocenters. The first-order valence-electron chi connectivity index (χ1n) is 10.7. The van der Waals surface area contributed by atoms with Gasteiger partial charge in [-0.05, 0) is 75.9 Å².